The molecular formula is C16H12F3N3O2. The van der Waals surface area contributed by atoms with Gasteiger partial charge in [-0.3, -0.25) is 9.59 Å². The number of benzene rings is 1. The maximum Gasteiger partial charge on any atom is 0.268 e. The van der Waals surface area contributed by atoms with Crippen LogP contribution in [0.5, 0.6) is 0 Å². The highest BCUT2D eigenvalue weighted by Crippen LogP contribution is 2.32. The summed E-state index contributed by atoms with van der Waals surface area (Å²) in [6, 6.07) is 5.36. The lowest BCUT2D eigenvalue weighted by Gasteiger charge is -2.18. The number of carbonyl (C=O) groups is 2. The standard InChI is InChI=1S/C16H12F3N3O2/c17-13-5-10(1-2-11(13)7-20)14(23)3-4-15(24)22-9-16(18,19)6-12(22)8-21/h1-2,5,12H,3-4,6,9H2/t12-/m0/s1. The van der Waals surface area contributed by atoms with Crippen LogP contribution in [0.2, 0.25) is 0 Å². The van der Waals surface area contributed by atoms with Gasteiger partial charge >= 0.3 is 0 Å². The number of ketones is 1. The third-order valence-corrected chi connectivity index (χ3v) is 3.72. The molecule has 1 atom stereocenters. The van der Waals surface area contributed by atoms with Crippen molar-refractivity contribution in [2.45, 2.75) is 31.2 Å². The second kappa shape index (κ2) is 6.71. The maximum absolute atomic E-state index is 13.5. The first-order valence-electron chi connectivity index (χ1n) is 7.07. The normalized spacial score (nSPS) is 18.7. The molecule has 0 radical (unpaired) electrons. The van der Waals surface area contributed by atoms with Crippen LogP contribution >= 0.6 is 0 Å². The van der Waals surface area contributed by atoms with Crippen LogP contribution in [0.15, 0.2) is 18.2 Å². The van der Waals surface area contributed by atoms with Crippen molar-refractivity contribution in [1.82, 2.24) is 4.90 Å². The van der Waals surface area contributed by atoms with Gasteiger partial charge in [0.15, 0.2) is 5.78 Å². The molecule has 0 saturated carbocycles. The number of likely N-dealkylation sites (tertiary alicyclic amines) is 1. The lowest BCUT2D eigenvalue weighted by molar-refractivity contribution is -0.132. The molecule has 0 aromatic heterocycles. The number of halogens is 3. The van der Waals surface area contributed by atoms with E-state index in [1.165, 1.54) is 6.07 Å². The molecule has 1 fully saturated rings. The first-order valence-corrected chi connectivity index (χ1v) is 7.07. The Bertz CT molecular complexity index is 765. The van der Waals surface area contributed by atoms with Crippen LogP contribution in [0.1, 0.15) is 35.2 Å². The monoisotopic (exact) mass is 335 g/mol. The SMILES string of the molecule is N#Cc1ccc(C(=O)CCC(=O)N2CC(F)(F)C[C@H]2C#N)cc1F. The smallest absolute Gasteiger partial charge is 0.268 e. The Balaban J connectivity index is 1.99. The highest BCUT2D eigenvalue weighted by molar-refractivity contribution is 5.98. The van der Waals surface area contributed by atoms with Crippen molar-refractivity contribution in [3.8, 4) is 12.1 Å². The Morgan fingerprint density at radius 1 is 1.29 bits per heavy atom. The van der Waals surface area contributed by atoms with E-state index in [1.54, 1.807) is 12.1 Å². The maximum atomic E-state index is 13.5. The summed E-state index contributed by atoms with van der Waals surface area (Å²) in [5.74, 6) is -5.23. The van der Waals surface area contributed by atoms with Crippen molar-refractivity contribution in [1.29, 1.82) is 10.5 Å². The van der Waals surface area contributed by atoms with Crippen LogP contribution in [0.4, 0.5) is 13.2 Å². The van der Waals surface area contributed by atoms with Gasteiger partial charge in [-0.2, -0.15) is 10.5 Å². The number of alkyl halides is 2. The fourth-order valence-corrected chi connectivity index (χ4v) is 2.48. The largest absolute Gasteiger partial charge is 0.320 e. The summed E-state index contributed by atoms with van der Waals surface area (Å²) in [4.78, 5) is 24.7. The molecule has 8 heteroatoms. The molecule has 2 rings (SSSR count). The summed E-state index contributed by atoms with van der Waals surface area (Å²) >= 11 is 0. The van der Waals surface area contributed by atoms with E-state index in [0.717, 1.165) is 17.0 Å². The molecule has 0 unspecified atom stereocenters. The Kier molecular flexibility index (Phi) is 4.89. The van der Waals surface area contributed by atoms with Crippen LogP contribution in [-0.4, -0.2) is 35.1 Å². The van der Waals surface area contributed by atoms with Gasteiger partial charge in [0.2, 0.25) is 5.91 Å². The minimum absolute atomic E-state index is 0.0112. The van der Waals surface area contributed by atoms with E-state index in [9.17, 15) is 22.8 Å². The summed E-state index contributed by atoms with van der Waals surface area (Å²) < 4.78 is 40.1. The average molecular weight is 335 g/mol. The van der Waals surface area contributed by atoms with E-state index < -0.39 is 42.4 Å². The number of amides is 1. The summed E-state index contributed by atoms with van der Waals surface area (Å²) in [6.07, 6.45) is -1.37. The molecule has 1 aromatic rings. The zero-order valence-corrected chi connectivity index (χ0v) is 12.4. The number of nitrogens with zero attached hydrogens (tertiary/aromatic N) is 3. The third-order valence-electron chi connectivity index (χ3n) is 3.72. The fraction of sp³-hybridized carbons (Fsp3) is 0.375. The van der Waals surface area contributed by atoms with E-state index >= 15 is 0 Å². The van der Waals surface area contributed by atoms with Gasteiger partial charge in [0.25, 0.3) is 5.92 Å². The number of rotatable bonds is 4. The number of nitriles is 2. The predicted molar refractivity (Wildman–Crippen MR) is 75.4 cm³/mol. The molecule has 5 nitrogen and oxygen atoms in total. The Morgan fingerprint density at radius 2 is 2.00 bits per heavy atom. The lowest BCUT2D eigenvalue weighted by Crippen LogP contribution is -2.36. The molecular weight excluding hydrogens is 323 g/mol. The van der Waals surface area contributed by atoms with Crippen molar-refractivity contribution in [3.63, 3.8) is 0 Å². The number of hydrogen-bond acceptors (Lipinski definition) is 4. The fourth-order valence-electron chi connectivity index (χ4n) is 2.48. The molecule has 1 aliphatic heterocycles. The molecule has 24 heavy (non-hydrogen) atoms. The van der Waals surface area contributed by atoms with Gasteiger partial charge in [-0.25, -0.2) is 13.2 Å². The van der Waals surface area contributed by atoms with Crippen molar-refractivity contribution in [2.75, 3.05) is 6.54 Å². The van der Waals surface area contributed by atoms with Gasteiger partial charge in [0.05, 0.1) is 18.2 Å². The van der Waals surface area contributed by atoms with Gasteiger partial charge in [0.1, 0.15) is 17.9 Å². The molecule has 0 spiro atoms. The van der Waals surface area contributed by atoms with E-state index in [-0.39, 0.29) is 24.0 Å². The number of hydrogen-bond donors (Lipinski definition) is 0. The topological polar surface area (TPSA) is 85.0 Å². The Hall–Kier alpha value is -2.87. The first-order chi connectivity index (χ1) is 11.3. The third kappa shape index (κ3) is 3.72. The summed E-state index contributed by atoms with van der Waals surface area (Å²) in [7, 11) is 0. The Labute approximate surface area is 135 Å². The molecule has 1 aromatic carbocycles. The van der Waals surface area contributed by atoms with Crippen molar-refractivity contribution < 1.29 is 22.8 Å². The summed E-state index contributed by atoms with van der Waals surface area (Å²) in [6.45, 7) is -0.844. The zero-order valence-electron chi connectivity index (χ0n) is 12.4. The zero-order chi connectivity index (χ0) is 17.9. The molecule has 0 aliphatic carbocycles. The van der Waals surface area contributed by atoms with Crippen molar-refractivity contribution >= 4 is 11.7 Å². The van der Waals surface area contributed by atoms with E-state index in [4.69, 9.17) is 10.5 Å². The second-order valence-electron chi connectivity index (χ2n) is 5.46. The van der Waals surface area contributed by atoms with Gasteiger partial charge in [0, 0.05) is 24.8 Å². The van der Waals surface area contributed by atoms with Gasteiger partial charge in [-0.1, -0.05) is 0 Å². The minimum Gasteiger partial charge on any atom is -0.320 e. The highest BCUT2D eigenvalue weighted by Gasteiger charge is 2.47. The van der Waals surface area contributed by atoms with Crippen LogP contribution in [0.25, 0.3) is 0 Å². The minimum atomic E-state index is -3.11. The number of carbonyl (C=O) groups excluding carboxylic acids is 2. The van der Waals surface area contributed by atoms with E-state index in [2.05, 4.69) is 0 Å². The molecule has 124 valence electrons. The molecule has 1 aliphatic rings. The molecule has 1 saturated heterocycles. The predicted octanol–water partition coefficient (Wildman–Crippen LogP) is 2.42. The summed E-state index contributed by atoms with van der Waals surface area (Å²) in [5.41, 5.74) is -0.221. The molecule has 0 N–H and O–H groups in total. The highest BCUT2D eigenvalue weighted by atomic mass is 19.3. The lowest BCUT2D eigenvalue weighted by atomic mass is 10.0. The first kappa shape index (κ1) is 17.5. The van der Waals surface area contributed by atoms with Crippen LogP contribution in [-0.2, 0) is 4.79 Å². The van der Waals surface area contributed by atoms with Gasteiger partial charge < -0.3 is 4.90 Å². The van der Waals surface area contributed by atoms with Crippen LogP contribution in [0, 0.1) is 28.5 Å². The van der Waals surface area contributed by atoms with Crippen molar-refractivity contribution in [3.05, 3.63) is 35.1 Å². The second-order valence-corrected chi connectivity index (χ2v) is 5.46. The van der Waals surface area contributed by atoms with Gasteiger partial charge in [-0.05, 0) is 18.2 Å². The van der Waals surface area contributed by atoms with Crippen LogP contribution in [0.3, 0.4) is 0 Å². The van der Waals surface area contributed by atoms with Crippen LogP contribution < -0.4 is 0 Å². The quantitative estimate of drug-likeness (QED) is 0.791. The van der Waals surface area contributed by atoms with Crippen molar-refractivity contribution in [2.24, 2.45) is 0 Å². The average Bonchev–Trinajstić information content (AvgIpc) is 2.87. The summed E-state index contributed by atoms with van der Waals surface area (Å²) in [5, 5.41) is 17.5. The van der Waals surface area contributed by atoms with E-state index in [1.807, 2.05) is 0 Å². The van der Waals surface area contributed by atoms with Gasteiger partial charge in [-0.15, -0.1) is 0 Å². The molecule has 0 bridgehead atoms. The number of Topliss-reactive ketones (excluding diaryl/α,β-unsaturated/α-hetero) is 1. The van der Waals surface area contributed by atoms with E-state index in [0.29, 0.717) is 0 Å². The Morgan fingerprint density at radius 3 is 2.58 bits per heavy atom. The molecule has 1 heterocycles. The molecule has 1 amide bonds.